The Morgan fingerprint density at radius 1 is 1.14 bits per heavy atom. The van der Waals surface area contributed by atoms with Crippen LogP contribution in [0.15, 0.2) is 42.5 Å². The van der Waals surface area contributed by atoms with Crippen molar-refractivity contribution in [3.63, 3.8) is 0 Å². The molecule has 0 atom stereocenters. The van der Waals surface area contributed by atoms with Crippen molar-refractivity contribution in [1.29, 1.82) is 0 Å². The van der Waals surface area contributed by atoms with Crippen molar-refractivity contribution in [3.05, 3.63) is 48.0 Å². The van der Waals surface area contributed by atoms with E-state index < -0.39 is 11.9 Å². The number of rotatable bonds is 7. The highest BCUT2D eigenvalue weighted by atomic mass is 32.1. The van der Waals surface area contributed by atoms with Crippen LogP contribution in [0, 0.1) is 0 Å². The van der Waals surface area contributed by atoms with Crippen molar-refractivity contribution in [1.82, 2.24) is 4.98 Å². The molecule has 0 radical (unpaired) electrons. The van der Waals surface area contributed by atoms with E-state index in [2.05, 4.69) is 10.3 Å². The molecule has 0 saturated heterocycles. The lowest BCUT2D eigenvalue weighted by molar-refractivity contribution is -0.119. The van der Waals surface area contributed by atoms with Crippen molar-refractivity contribution in [2.75, 3.05) is 37.5 Å². The molecule has 8 heteroatoms. The number of nitrogens with one attached hydrogen (secondary N) is 1. The lowest BCUT2D eigenvalue weighted by Crippen LogP contribution is -2.20. The molecule has 2 aromatic carbocycles. The largest absolute Gasteiger partial charge is 0.494 e. The van der Waals surface area contributed by atoms with Crippen molar-refractivity contribution in [3.8, 4) is 5.75 Å². The fourth-order valence-electron chi connectivity index (χ4n) is 2.48. The van der Waals surface area contributed by atoms with Gasteiger partial charge in [0.05, 0.1) is 22.4 Å². The number of thiazole rings is 1. The van der Waals surface area contributed by atoms with Crippen molar-refractivity contribution >= 4 is 44.2 Å². The second-order valence-electron chi connectivity index (χ2n) is 6.15. The summed E-state index contributed by atoms with van der Waals surface area (Å²) in [7, 11) is 3.83. The van der Waals surface area contributed by atoms with Crippen molar-refractivity contribution in [2.45, 2.75) is 6.92 Å². The van der Waals surface area contributed by atoms with Crippen LogP contribution in [0.5, 0.6) is 5.75 Å². The number of hydrogen-bond donors (Lipinski definition) is 1. The number of esters is 1. The molecule has 146 valence electrons. The Labute approximate surface area is 166 Å². The standard InChI is InChI=1S/C20H21N3O4S/c1-4-26-15-9-10-16-17(11-15)28-20(21-16)22-18(24)12-27-19(25)13-5-7-14(8-6-13)23(2)3/h5-11H,4,12H2,1-3H3,(H,21,22,24). The van der Waals surface area contributed by atoms with Crippen LogP contribution < -0.4 is 15.0 Å². The number of ether oxygens (including phenoxy) is 2. The van der Waals surface area contributed by atoms with Gasteiger partial charge >= 0.3 is 5.97 Å². The summed E-state index contributed by atoms with van der Waals surface area (Å²) in [6.45, 7) is 2.12. The van der Waals surface area contributed by atoms with E-state index in [0.717, 1.165) is 21.7 Å². The van der Waals surface area contributed by atoms with Crippen molar-refractivity contribution < 1.29 is 19.1 Å². The van der Waals surface area contributed by atoms with Gasteiger partial charge in [-0.2, -0.15) is 0 Å². The zero-order valence-corrected chi connectivity index (χ0v) is 16.7. The Balaban J connectivity index is 1.56. The molecule has 3 rings (SSSR count). The summed E-state index contributed by atoms with van der Waals surface area (Å²) in [5, 5.41) is 3.10. The number of carbonyl (C=O) groups excluding carboxylic acids is 2. The topological polar surface area (TPSA) is 80.8 Å². The molecular weight excluding hydrogens is 378 g/mol. The first kappa shape index (κ1) is 19.6. The van der Waals surface area contributed by atoms with Crippen LogP contribution in [0.4, 0.5) is 10.8 Å². The second kappa shape index (κ2) is 8.71. The SMILES string of the molecule is CCOc1ccc2nc(NC(=O)COC(=O)c3ccc(N(C)C)cc3)sc2c1. The number of hydrogen-bond acceptors (Lipinski definition) is 7. The van der Waals surface area contributed by atoms with Crippen LogP contribution in [0.25, 0.3) is 10.2 Å². The van der Waals surface area contributed by atoms with E-state index in [4.69, 9.17) is 9.47 Å². The normalized spacial score (nSPS) is 10.5. The lowest BCUT2D eigenvalue weighted by atomic mass is 10.2. The van der Waals surface area contributed by atoms with Gasteiger partial charge in [-0.05, 0) is 49.4 Å². The molecule has 7 nitrogen and oxygen atoms in total. The summed E-state index contributed by atoms with van der Waals surface area (Å²) in [5.74, 6) is -0.237. The quantitative estimate of drug-likeness (QED) is 0.612. The van der Waals surface area contributed by atoms with Gasteiger partial charge in [0, 0.05) is 19.8 Å². The molecule has 0 saturated carbocycles. The number of amides is 1. The Morgan fingerprint density at radius 2 is 1.89 bits per heavy atom. The second-order valence-corrected chi connectivity index (χ2v) is 7.18. The molecular formula is C20H21N3O4S. The minimum absolute atomic E-state index is 0.381. The molecule has 0 aliphatic carbocycles. The molecule has 1 N–H and O–H groups in total. The average molecular weight is 399 g/mol. The summed E-state index contributed by atoms with van der Waals surface area (Å²) in [6, 6.07) is 12.5. The summed E-state index contributed by atoms with van der Waals surface area (Å²) < 4.78 is 11.4. The Hall–Kier alpha value is -3.13. The third-order valence-electron chi connectivity index (χ3n) is 3.87. The molecule has 0 fully saturated rings. The predicted molar refractivity (Wildman–Crippen MR) is 110 cm³/mol. The highest BCUT2D eigenvalue weighted by Gasteiger charge is 2.13. The molecule has 1 heterocycles. The van der Waals surface area contributed by atoms with E-state index >= 15 is 0 Å². The molecule has 0 spiro atoms. The summed E-state index contributed by atoms with van der Waals surface area (Å²) in [4.78, 5) is 30.4. The molecule has 0 bridgehead atoms. The fraction of sp³-hybridized carbons (Fsp3) is 0.250. The zero-order chi connectivity index (χ0) is 20.1. The van der Waals surface area contributed by atoms with Gasteiger partial charge in [0.25, 0.3) is 5.91 Å². The molecule has 28 heavy (non-hydrogen) atoms. The van der Waals surface area contributed by atoms with E-state index in [1.54, 1.807) is 12.1 Å². The monoisotopic (exact) mass is 399 g/mol. The van der Waals surface area contributed by atoms with E-state index in [9.17, 15) is 9.59 Å². The minimum atomic E-state index is -0.550. The number of nitrogens with zero attached hydrogens (tertiary/aromatic N) is 2. The van der Waals surface area contributed by atoms with E-state index in [1.807, 2.05) is 56.3 Å². The van der Waals surface area contributed by atoms with Gasteiger partial charge in [0.1, 0.15) is 5.75 Å². The molecule has 1 aromatic heterocycles. The number of anilines is 2. The third-order valence-corrected chi connectivity index (χ3v) is 4.80. The Morgan fingerprint density at radius 3 is 2.57 bits per heavy atom. The number of benzene rings is 2. The molecule has 0 aliphatic rings. The first-order valence-electron chi connectivity index (χ1n) is 8.74. The van der Waals surface area contributed by atoms with Crippen molar-refractivity contribution in [2.24, 2.45) is 0 Å². The maximum Gasteiger partial charge on any atom is 0.338 e. The maximum absolute atomic E-state index is 12.1. The van der Waals surface area contributed by atoms with Gasteiger partial charge < -0.3 is 14.4 Å². The number of fused-ring (bicyclic) bond motifs is 1. The molecule has 3 aromatic rings. The average Bonchev–Trinajstić information content (AvgIpc) is 3.07. The first-order valence-corrected chi connectivity index (χ1v) is 9.55. The van der Waals surface area contributed by atoms with Gasteiger partial charge in [0.15, 0.2) is 11.7 Å². The molecule has 0 unspecified atom stereocenters. The minimum Gasteiger partial charge on any atom is -0.494 e. The Kier molecular flexibility index (Phi) is 6.10. The van der Waals surface area contributed by atoms with Gasteiger partial charge in [-0.15, -0.1) is 0 Å². The van der Waals surface area contributed by atoms with Gasteiger partial charge in [-0.25, -0.2) is 9.78 Å². The highest BCUT2D eigenvalue weighted by molar-refractivity contribution is 7.22. The summed E-state index contributed by atoms with van der Waals surface area (Å²) in [5.41, 5.74) is 2.13. The van der Waals surface area contributed by atoms with Crippen LogP contribution in [-0.2, 0) is 9.53 Å². The number of aromatic nitrogens is 1. The van der Waals surface area contributed by atoms with Crippen LogP contribution in [0.1, 0.15) is 17.3 Å². The van der Waals surface area contributed by atoms with Crippen LogP contribution in [-0.4, -0.2) is 44.2 Å². The fourth-order valence-corrected chi connectivity index (χ4v) is 3.39. The third kappa shape index (κ3) is 4.77. The van der Waals surface area contributed by atoms with Gasteiger partial charge in [0.2, 0.25) is 0 Å². The summed E-state index contributed by atoms with van der Waals surface area (Å²) in [6.07, 6.45) is 0. The van der Waals surface area contributed by atoms with E-state index in [-0.39, 0.29) is 6.61 Å². The van der Waals surface area contributed by atoms with Crippen LogP contribution in [0.2, 0.25) is 0 Å². The number of carbonyl (C=O) groups is 2. The lowest BCUT2D eigenvalue weighted by Gasteiger charge is -2.12. The van der Waals surface area contributed by atoms with E-state index in [0.29, 0.717) is 17.3 Å². The van der Waals surface area contributed by atoms with Gasteiger partial charge in [-0.3, -0.25) is 10.1 Å². The van der Waals surface area contributed by atoms with Gasteiger partial charge in [-0.1, -0.05) is 11.3 Å². The highest BCUT2D eigenvalue weighted by Crippen LogP contribution is 2.29. The maximum atomic E-state index is 12.1. The smallest absolute Gasteiger partial charge is 0.338 e. The molecule has 0 aliphatic heterocycles. The molecule has 1 amide bonds. The first-order chi connectivity index (χ1) is 13.5. The Bertz CT molecular complexity index is 983. The van der Waals surface area contributed by atoms with Crippen LogP contribution >= 0.6 is 11.3 Å². The predicted octanol–water partition coefficient (Wildman–Crippen LogP) is 3.56. The zero-order valence-electron chi connectivity index (χ0n) is 15.9. The van der Waals surface area contributed by atoms with Crippen LogP contribution in [0.3, 0.4) is 0 Å². The van der Waals surface area contributed by atoms with E-state index in [1.165, 1.54) is 11.3 Å². The summed E-state index contributed by atoms with van der Waals surface area (Å²) >= 11 is 1.33.